The number of nitrogens with two attached hydrogens (primary N) is 1. The van der Waals surface area contributed by atoms with Gasteiger partial charge in [-0.3, -0.25) is 4.79 Å². The predicted molar refractivity (Wildman–Crippen MR) is 78.0 cm³/mol. The van der Waals surface area contributed by atoms with Crippen LogP contribution in [0.5, 0.6) is 0 Å². The van der Waals surface area contributed by atoms with E-state index in [2.05, 4.69) is 22.3 Å². The first-order valence-corrected chi connectivity index (χ1v) is 7.02. The number of benzene rings is 1. The highest BCUT2D eigenvalue weighted by Crippen LogP contribution is 2.33. The van der Waals surface area contributed by atoms with Crippen LogP contribution in [0.2, 0.25) is 0 Å². The molecule has 0 heterocycles. The van der Waals surface area contributed by atoms with Gasteiger partial charge in [0, 0.05) is 24.8 Å². The van der Waals surface area contributed by atoms with Gasteiger partial charge in [-0.1, -0.05) is 12.1 Å². The van der Waals surface area contributed by atoms with E-state index in [0.29, 0.717) is 19.1 Å². The zero-order valence-electron chi connectivity index (χ0n) is 11.7. The van der Waals surface area contributed by atoms with Gasteiger partial charge >= 0.3 is 0 Å². The second-order valence-electron chi connectivity index (χ2n) is 5.08. The fourth-order valence-corrected chi connectivity index (χ4v) is 2.36. The highest BCUT2D eigenvalue weighted by atomic mass is 16.2. The molecular formula is C15H23N3O. The molecule has 0 bridgehead atoms. The fraction of sp³-hybridized carbons (Fsp3) is 0.533. The molecule has 1 saturated carbocycles. The molecule has 1 aromatic rings. The Kier molecular flexibility index (Phi) is 4.43. The average molecular weight is 261 g/mol. The van der Waals surface area contributed by atoms with Crippen LogP contribution in [-0.4, -0.2) is 24.5 Å². The zero-order chi connectivity index (χ0) is 13.8. The number of nitrogens with zero attached hydrogens (tertiary/aromatic N) is 1. The second kappa shape index (κ2) is 6.06. The number of hydrogen-bond donors (Lipinski definition) is 2. The number of carbonyl (C=O) groups is 1. The maximum absolute atomic E-state index is 12.0. The molecule has 2 rings (SSSR count). The molecule has 0 aromatic heterocycles. The van der Waals surface area contributed by atoms with E-state index in [4.69, 9.17) is 5.73 Å². The van der Waals surface area contributed by atoms with Gasteiger partial charge in [-0.05, 0) is 44.4 Å². The number of rotatable bonds is 6. The average Bonchev–Trinajstić information content (AvgIpc) is 3.24. The Morgan fingerprint density at radius 3 is 2.53 bits per heavy atom. The van der Waals surface area contributed by atoms with Crippen molar-refractivity contribution in [3.8, 4) is 0 Å². The van der Waals surface area contributed by atoms with Crippen molar-refractivity contribution in [2.24, 2.45) is 5.73 Å². The molecule has 1 atom stereocenters. The van der Waals surface area contributed by atoms with Crippen molar-refractivity contribution >= 4 is 11.6 Å². The summed E-state index contributed by atoms with van der Waals surface area (Å²) in [5, 5.41) is 2.90. The van der Waals surface area contributed by atoms with Crippen LogP contribution in [0, 0.1) is 0 Å². The summed E-state index contributed by atoms with van der Waals surface area (Å²) in [7, 11) is 0. The first-order chi connectivity index (χ1) is 9.17. The highest BCUT2D eigenvalue weighted by Gasteiger charge is 2.34. The van der Waals surface area contributed by atoms with Crippen LogP contribution in [-0.2, 0) is 11.3 Å². The van der Waals surface area contributed by atoms with Gasteiger partial charge in [0.1, 0.15) is 6.04 Å². The minimum absolute atomic E-state index is 0.0947. The van der Waals surface area contributed by atoms with Crippen LogP contribution in [0.4, 0.5) is 5.69 Å². The molecule has 4 nitrogen and oxygen atoms in total. The Balaban J connectivity index is 2.16. The summed E-state index contributed by atoms with van der Waals surface area (Å²) >= 11 is 0. The van der Waals surface area contributed by atoms with Crippen molar-refractivity contribution in [3.63, 3.8) is 0 Å². The topological polar surface area (TPSA) is 58.4 Å². The predicted octanol–water partition coefficient (Wildman–Crippen LogP) is 1.64. The summed E-state index contributed by atoms with van der Waals surface area (Å²) in [6.45, 7) is 5.14. The van der Waals surface area contributed by atoms with Gasteiger partial charge in [-0.15, -0.1) is 0 Å². The van der Waals surface area contributed by atoms with Crippen molar-refractivity contribution in [2.75, 3.05) is 11.4 Å². The van der Waals surface area contributed by atoms with Crippen LogP contribution in [0.3, 0.4) is 0 Å². The van der Waals surface area contributed by atoms with Crippen LogP contribution in [0.1, 0.15) is 32.3 Å². The van der Waals surface area contributed by atoms with E-state index in [1.54, 1.807) is 0 Å². The first kappa shape index (κ1) is 13.9. The van der Waals surface area contributed by atoms with E-state index in [1.165, 1.54) is 12.8 Å². The Hall–Kier alpha value is -1.55. The van der Waals surface area contributed by atoms with Crippen molar-refractivity contribution in [3.05, 3.63) is 29.8 Å². The second-order valence-corrected chi connectivity index (χ2v) is 5.08. The molecule has 19 heavy (non-hydrogen) atoms. The molecule has 1 unspecified atom stereocenters. The molecule has 1 aliphatic rings. The van der Waals surface area contributed by atoms with E-state index in [0.717, 1.165) is 11.3 Å². The zero-order valence-corrected chi connectivity index (χ0v) is 11.7. The summed E-state index contributed by atoms with van der Waals surface area (Å²) < 4.78 is 0. The lowest BCUT2D eigenvalue weighted by molar-refractivity contribution is -0.122. The third-order valence-corrected chi connectivity index (χ3v) is 3.56. The van der Waals surface area contributed by atoms with Crippen molar-refractivity contribution in [1.82, 2.24) is 5.32 Å². The Bertz CT molecular complexity index is 426. The minimum atomic E-state index is -0.129. The molecule has 1 fully saturated rings. The van der Waals surface area contributed by atoms with Crippen LogP contribution >= 0.6 is 0 Å². The Labute approximate surface area is 115 Å². The molecule has 3 N–H and O–H groups in total. The molecule has 0 saturated heterocycles. The SMILES string of the molecule is CCNC(=O)C(C)N(c1ccc(CN)cc1)C1CC1. The van der Waals surface area contributed by atoms with E-state index in [-0.39, 0.29) is 11.9 Å². The highest BCUT2D eigenvalue weighted by molar-refractivity contribution is 5.85. The minimum Gasteiger partial charge on any atom is -0.357 e. The molecule has 104 valence electrons. The molecule has 0 spiro atoms. The van der Waals surface area contributed by atoms with Gasteiger partial charge in [0.25, 0.3) is 0 Å². The molecule has 1 amide bonds. The number of anilines is 1. The molecule has 1 aromatic carbocycles. The van der Waals surface area contributed by atoms with Crippen LogP contribution in [0.25, 0.3) is 0 Å². The normalized spacial score (nSPS) is 15.9. The number of amides is 1. The van der Waals surface area contributed by atoms with Crippen molar-refractivity contribution in [2.45, 2.75) is 45.3 Å². The maximum Gasteiger partial charge on any atom is 0.242 e. The summed E-state index contributed by atoms with van der Waals surface area (Å²) in [5.74, 6) is 0.0947. The van der Waals surface area contributed by atoms with Crippen molar-refractivity contribution < 1.29 is 4.79 Å². The van der Waals surface area contributed by atoms with Gasteiger partial charge < -0.3 is 16.0 Å². The molecule has 0 radical (unpaired) electrons. The van der Waals surface area contributed by atoms with E-state index >= 15 is 0 Å². The largest absolute Gasteiger partial charge is 0.357 e. The maximum atomic E-state index is 12.0. The molecule has 0 aliphatic heterocycles. The van der Waals surface area contributed by atoms with E-state index in [9.17, 15) is 4.79 Å². The van der Waals surface area contributed by atoms with Gasteiger partial charge in [-0.2, -0.15) is 0 Å². The quantitative estimate of drug-likeness (QED) is 0.818. The third kappa shape index (κ3) is 3.26. The monoisotopic (exact) mass is 261 g/mol. The summed E-state index contributed by atoms with van der Waals surface area (Å²) in [6, 6.07) is 8.58. The van der Waals surface area contributed by atoms with Crippen LogP contribution < -0.4 is 16.0 Å². The van der Waals surface area contributed by atoms with Gasteiger partial charge in [-0.25, -0.2) is 0 Å². The van der Waals surface area contributed by atoms with Gasteiger partial charge in [0.05, 0.1) is 0 Å². The lowest BCUT2D eigenvalue weighted by atomic mass is 10.1. The van der Waals surface area contributed by atoms with Gasteiger partial charge in [0.15, 0.2) is 0 Å². The fourth-order valence-electron chi connectivity index (χ4n) is 2.36. The lowest BCUT2D eigenvalue weighted by Crippen LogP contribution is -2.46. The summed E-state index contributed by atoms with van der Waals surface area (Å²) in [5.41, 5.74) is 7.84. The van der Waals surface area contributed by atoms with E-state index in [1.807, 2.05) is 26.0 Å². The number of carbonyl (C=O) groups excluding carboxylic acids is 1. The lowest BCUT2D eigenvalue weighted by Gasteiger charge is -2.30. The third-order valence-electron chi connectivity index (χ3n) is 3.56. The van der Waals surface area contributed by atoms with Crippen molar-refractivity contribution in [1.29, 1.82) is 0 Å². The molecular weight excluding hydrogens is 238 g/mol. The standard InChI is InChI=1S/C15H23N3O/c1-3-17-15(19)11(2)18(14-8-9-14)13-6-4-12(10-16)5-7-13/h4-7,11,14H,3,8-10,16H2,1-2H3,(H,17,19). The van der Waals surface area contributed by atoms with E-state index < -0.39 is 0 Å². The molecule has 4 heteroatoms. The Morgan fingerprint density at radius 1 is 1.42 bits per heavy atom. The number of nitrogens with one attached hydrogen (secondary N) is 1. The van der Waals surface area contributed by atoms with Gasteiger partial charge in [0.2, 0.25) is 5.91 Å². The number of likely N-dealkylation sites (N-methyl/N-ethyl adjacent to an activating group) is 1. The number of hydrogen-bond acceptors (Lipinski definition) is 3. The van der Waals surface area contributed by atoms with Crippen LogP contribution in [0.15, 0.2) is 24.3 Å². The smallest absolute Gasteiger partial charge is 0.242 e. The summed E-state index contributed by atoms with van der Waals surface area (Å²) in [4.78, 5) is 14.3. The molecule has 1 aliphatic carbocycles. The Morgan fingerprint density at radius 2 is 2.05 bits per heavy atom. The summed E-state index contributed by atoms with van der Waals surface area (Å²) in [6.07, 6.45) is 2.34. The first-order valence-electron chi connectivity index (χ1n) is 7.02.